The van der Waals surface area contributed by atoms with Crippen molar-refractivity contribution in [1.82, 2.24) is 24.6 Å². The first-order chi connectivity index (χ1) is 20.0. The molecule has 3 aliphatic rings. The van der Waals surface area contributed by atoms with Crippen molar-refractivity contribution < 1.29 is 33.0 Å². The van der Waals surface area contributed by atoms with Crippen LogP contribution in [0, 0.1) is 0 Å². The first-order valence-electron chi connectivity index (χ1n) is 13.9. The van der Waals surface area contributed by atoms with Crippen molar-refractivity contribution in [3.8, 4) is 17.2 Å². The number of aromatic hydroxyl groups is 2. The summed E-state index contributed by atoms with van der Waals surface area (Å²) >= 11 is 0. The molecule has 2 atom stereocenters. The molecule has 9 nitrogen and oxygen atoms in total. The molecule has 0 bridgehead atoms. The Morgan fingerprint density at radius 3 is 2.50 bits per heavy atom. The minimum absolute atomic E-state index is 0.103. The van der Waals surface area contributed by atoms with Gasteiger partial charge in [-0.15, -0.1) is 0 Å². The lowest BCUT2D eigenvalue weighted by atomic mass is 9.80. The number of alkyl halides is 3. The molecule has 12 heteroatoms. The molecule has 220 valence electrons. The summed E-state index contributed by atoms with van der Waals surface area (Å²) < 4.78 is 41.2. The predicted molar refractivity (Wildman–Crippen MR) is 145 cm³/mol. The fourth-order valence-electron chi connectivity index (χ4n) is 6.30. The Balaban J connectivity index is 1.42. The van der Waals surface area contributed by atoms with Gasteiger partial charge in [-0.3, -0.25) is 9.59 Å². The Labute approximate surface area is 239 Å². The Morgan fingerprint density at radius 2 is 1.88 bits per heavy atom. The summed E-state index contributed by atoms with van der Waals surface area (Å²) in [6.45, 7) is 6.10. The van der Waals surface area contributed by atoms with Gasteiger partial charge in [-0.05, 0) is 48.6 Å². The Morgan fingerprint density at radius 1 is 1.12 bits per heavy atom. The number of halogens is 3. The van der Waals surface area contributed by atoms with Gasteiger partial charge in [0.1, 0.15) is 17.2 Å². The molecule has 1 fully saturated rings. The number of aromatic nitrogens is 3. The van der Waals surface area contributed by atoms with Crippen molar-refractivity contribution in [1.29, 1.82) is 0 Å². The van der Waals surface area contributed by atoms with Crippen molar-refractivity contribution in [2.75, 3.05) is 19.6 Å². The molecule has 42 heavy (non-hydrogen) atoms. The molecule has 2 amide bonds. The first kappa shape index (κ1) is 27.8. The van der Waals surface area contributed by atoms with E-state index in [1.54, 1.807) is 15.6 Å². The molecule has 2 aliphatic heterocycles. The van der Waals surface area contributed by atoms with Crippen LogP contribution in [0.4, 0.5) is 13.2 Å². The van der Waals surface area contributed by atoms with E-state index in [1.165, 1.54) is 17.4 Å². The topological polar surface area (TPSA) is 112 Å². The molecular formula is C30H30F3N5O4. The predicted octanol–water partition coefficient (Wildman–Crippen LogP) is 4.84. The minimum atomic E-state index is -4.88. The van der Waals surface area contributed by atoms with E-state index in [4.69, 9.17) is 5.10 Å². The summed E-state index contributed by atoms with van der Waals surface area (Å²) in [7, 11) is 0. The van der Waals surface area contributed by atoms with Crippen LogP contribution < -0.4 is 0 Å². The largest absolute Gasteiger partial charge is 0.506 e. The highest BCUT2D eigenvalue weighted by atomic mass is 19.4. The Bertz CT molecular complexity index is 1600. The number of phenolic OH excluding ortho intramolecular Hbond substituents is 1. The monoisotopic (exact) mass is 581 g/mol. The molecule has 2 aromatic heterocycles. The van der Waals surface area contributed by atoms with Crippen molar-refractivity contribution >= 4 is 11.8 Å². The van der Waals surface area contributed by atoms with E-state index in [-0.39, 0.29) is 36.2 Å². The number of hydrogen-bond acceptors (Lipinski definition) is 6. The summed E-state index contributed by atoms with van der Waals surface area (Å²) in [5.74, 6) is -1.78. The second-order valence-corrected chi connectivity index (χ2v) is 11.2. The lowest BCUT2D eigenvalue weighted by Gasteiger charge is -2.38. The SMILES string of the molecule is C=CC(=O)N1CC(C)c2nn(-c3ccc(C4CCC4)cc3O)c3c2C(C1)N(C(=O)c1cnc(C(F)(F)F)c(O)c1)CC3. The average Bonchev–Trinajstić information content (AvgIpc) is 3.23. The number of rotatable bonds is 4. The van der Waals surface area contributed by atoms with Crippen LogP contribution in [0.15, 0.2) is 43.1 Å². The maximum absolute atomic E-state index is 13.7. The second kappa shape index (κ2) is 10.2. The number of nitrogens with zero attached hydrogens (tertiary/aromatic N) is 5. The van der Waals surface area contributed by atoms with E-state index < -0.39 is 29.6 Å². The van der Waals surface area contributed by atoms with Crippen molar-refractivity contribution in [2.24, 2.45) is 0 Å². The summed E-state index contributed by atoms with van der Waals surface area (Å²) in [4.78, 5) is 32.9. The zero-order chi connectivity index (χ0) is 29.9. The van der Waals surface area contributed by atoms with Gasteiger partial charge in [0, 0.05) is 43.7 Å². The van der Waals surface area contributed by atoms with Crippen molar-refractivity contribution in [3.63, 3.8) is 0 Å². The van der Waals surface area contributed by atoms with Gasteiger partial charge in [-0.25, -0.2) is 9.67 Å². The van der Waals surface area contributed by atoms with Crippen LogP contribution in [0.1, 0.15) is 82.6 Å². The van der Waals surface area contributed by atoms with Gasteiger partial charge in [0.2, 0.25) is 5.91 Å². The lowest BCUT2D eigenvalue weighted by molar-refractivity contribution is -0.142. The Kier molecular flexibility index (Phi) is 6.74. The summed E-state index contributed by atoms with van der Waals surface area (Å²) in [6.07, 6.45) is 0.830. The highest BCUT2D eigenvalue weighted by Crippen LogP contribution is 2.43. The average molecular weight is 582 g/mol. The molecule has 3 aromatic rings. The first-order valence-corrected chi connectivity index (χ1v) is 13.9. The van der Waals surface area contributed by atoms with E-state index >= 15 is 0 Å². The highest BCUT2D eigenvalue weighted by molar-refractivity contribution is 5.95. The second-order valence-electron chi connectivity index (χ2n) is 11.2. The van der Waals surface area contributed by atoms with E-state index in [0.29, 0.717) is 30.3 Å². The van der Waals surface area contributed by atoms with E-state index in [0.717, 1.165) is 41.9 Å². The molecule has 1 saturated carbocycles. The van der Waals surface area contributed by atoms with Crippen LogP contribution in [0.2, 0.25) is 0 Å². The van der Waals surface area contributed by atoms with Crippen LogP contribution >= 0.6 is 0 Å². The third-order valence-corrected chi connectivity index (χ3v) is 8.64. The number of benzene rings is 1. The summed E-state index contributed by atoms with van der Waals surface area (Å²) in [5.41, 5.74) is 2.12. The number of amides is 2. The number of carbonyl (C=O) groups is 2. The zero-order valence-corrected chi connectivity index (χ0v) is 22.9. The molecule has 2 unspecified atom stereocenters. The van der Waals surface area contributed by atoms with Crippen LogP contribution in [0.25, 0.3) is 5.69 Å². The van der Waals surface area contributed by atoms with Crippen LogP contribution in [0.3, 0.4) is 0 Å². The van der Waals surface area contributed by atoms with Gasteiger partial charge >= 0.3 is 6.18 Å². The quantitative estimate of drug-likeness (QED) is 0.427. The molecule has 0 saturated heterocycles. The number of carbonyl (C=O) groups excluding carboxylic acids is 2. The van der Waals surface area contributed by atoms with Crippen molar-refractivity contribution in [3.05, 3.63) is 76.9 Å². The Hall–Kier alpha value is -4.35. The summed E-state index contributed by atoms with van der Waals surface area (Å²) in [6, 6.07) is 5.73. The molecule has 1 aromatic carbocycles. The minimum Gasteiger partial charge on any atom is -0.506 e. The maximum atomic E-state index is 13.7. The van der Waals surface area contributed by atoms with E-state index in [1.807, 2.05) is 19.1 Å². The van der Waals surface area contributed by atoms with E-state index in [9.17, 15) is 33.0 Å². The van der Waals surface area contributed by atoms with Crippen LogP contribution in [-0.2, 0) is 17.4 Å². The van der Waals surface area contributed by atoms with Gasteiger partial charge in [0.25, 0.3) is 5.91 Å². The normalized spacial score (nSPS) is 20.5. The van der Waals surface area contributed by atoms with Gasteiger partial charge < -0.3 is 20.0 Å². The third kappa shape index (κ3) is 4.58. The van der Waals surface area contributed by atoms with Crippen LogP contribution in [-0.4, -0.2) is 66.2 Å². The van der Waals surface area contributed by atoms with Gasteiger partial charge in [0.05, 0.1) is 23.0 Å². The fraction of sp³-hybridized carbons (Fsp3) is 0.400. The van der Waals surface area contributed by atoms with Gasteiger partial charge in [0.15, 0.2) is 5.69 Å². The third-order valence-electron chi connectivity index (χ3n) is 8.64. The highest BCUT2D eigenvalue weighted by Gasteiger charge is 2.43. The zero-order valence-electron chi connectivity index (χ0n) is 22.9. The number of pyridine rings is 1. The maximum Gasteiger partial charge on any atom is 0.437 e. The molecule has 0 spiro atoms. The molecule has 1 aliphatic carbocycles. The molecule has 4 heterocycles. The smallest absolute Gasteiger partial charge is 0.437 e. The molecule has 0 radical (unpaired) electrons. The standard InChI is InChI=1S/C30H30F3N5O4/c1-3-25(41)36-14-16(2)27-26-21(38(35-27)20-8-7-18(11-23(20)39)17-5-4-6-17)9-10-37(22(26)15-36)29(42)19-12-24(40)28(34-13-19)30(31,32)33/h3,7-8,11-13,16-17,22,39-40H,1,4-6,9-10,14-15H2,2H3. The van der Waals surface area contributed by atoms with Crippen LogP contribution in [0.5, 0.6) is 11.5 Å². The molecule has 2 N–H and O–H groups in total. The van der Waals surface area contributed by atoms with Gasteiger partial charge in [-0.1, -0.05) is 26.0 Å². The van der Waals surface area contributed by atoms with Gasteiger partial charge in [-0.2, -0.15) is 18.3 Å². The number of hydrogen-bond donors (Lipinski definition) is 2. The lowest BCUT2D eigenvalue weighted by Crippen LogP contribution is -2.46. The van der Waals surface area contributed by atoms with E-state index in [2.05, 4.69) is 11.6 Å². The van der Waals surface area contributed by atoms with Crippen molar-refractivity contribution in [2.45, 2.75) is 56.7 Å². The molecular weight excluding hydrogens is 551 g/mol. The fourth-order valence-corrected chi connectivity index (χ4v) is 6.30. The molecule has 6 rings (SSSR count). The number of phenols is 1. The summed E-state index contributed by atoms with van der Waals surface area (Å²) in [5, 5.41) is 26.0.